The van der Waals surface area contributed by atoms with Crippen molar-refractivity contribution in [3.63, 3.8) is 0 Å². The second kappa shape index (κ2) is 5.47. The van der Waals surface area contributed by atoms with Gasteiger partial charge in [0.1, 0.15) is 0 Å². The number of amides is 1. The molecule has 0 fully saturated rings. The summed E-state index contributed by atoms with van der Waals surface area (Å²) in [4.78, 5) is 11.4. The number of nitrogens with two attached hydrogens (primary N) is 1. The van der Waals surface area contributed by atoms with Crippen molar-refractivity contribution in [2.45, 2.75) is 6.54 Å². The van der Waals surface area contributed by atoms with Gasteiger partial charge in [0.05, 0.1) is 19.3 Å². The molecule has 82 valence electrons. The number of hydrogen-bond acceptors (Lipinski definition) is 4. The molecular weight excluding hydrogens is 218 g/mol. The fourth-order valence-electron chi connectivity index (χ4n) is 0.911. The summed E-state index contributed by atoms with van der Waals surface area (Å²) in [5.41, 5.74) is 5.56. The van der Waals surface area contributed by atoms with Gasteiger partial charge in [0.2, 0.25) is 0 Å². The Morgan fingerprint density at radius 1 is 1.73 bits per heavy atom. The molecule has 15 heavy (non-hydrogen) atoms. The quantitative estimate of drug-likeness (QED) is 0.727. The van der Waals surface area contributed by atoms with Crippen molar-refractivity contribution in [2.24, 2.45) is 5.73 Å². The average Bonchev–Trinajstić information content (AvgIpc) is 2.63. The Labute approximate surface area is 92.1 Å². The average molecular weight is 230 g/mol. The van der Waals surface area contributed by atoms with Crippen molar-refractivity contribution < 1.29 is 4.79 Å². The van der Waals surface area contributed by atoms with Gasteiger partial charge in [-0.25, -0.2) is 0 Å². The number of nitrogens with one attached hydrogen (secondary N) is 1. The molecule has 1 aromatic rings. The van der Waals surface area contributed by atoms with Crippen LogP contribution < -0.4 is 11.1 Å². The molecule has 0 aromatic carbocycles. The minimum absolute atomic E-state index is 0.212. The molecule has 1 heterocycles. The van der Waals surface area contributed by atoms with E-state index in [1.54, 1.807) is 0 Å². The first-order valence-electron chi connectivity index (χ1n) is 4.35. The molecule has 1 aromatic heterocycles. The molecule has 0 bridgehead atoms. The Morgan fingerprint density at radius 3 is 3.07 bits per heavy atom. The van der Waals surface area contributed by atoms with Crippen LogP contribution in [0.3, 0.4) is 0 Å². The number of halogens is 1. The van der Waals surface area contributed by atoms with Crippen LogP contribution in [0.5, 0.6) is 0 Å². The van der Waals surface area contributed by atoms with Crippen LogP contribution >= 0.6 is 11.6 Å². The smallest absolute Gasteiger partial charge is 0.273 e. The summed E-state index contributed by atoms with van der Waals surface area (Å²) >= 11 is 5.50. The highest BCUT2D eigenvalue weighted by Crippen LogP contribution is 1.96. The third kappa shape index (κ3) is 3.69. The Bertz CT molecular complexity index is 362. The zero-order valence-electron chi connectivity index (χ0n) is 8.11. The molecule has 0 unspecified atom stereocenters. The van der Waals surface area contributed by atoms with Crippen LogP contribution in [0.2, 0.25) is 0 Å². The molecule has 1 rings (SSSR count). The fourth-order valence-corrected chi connectivity index (χ4v) is 0.978. The zero-order valence-corrected chi connectivity index (χ0v) is 8.87. The number of rotatable bonds is 5. The van der Waals surface area contributed by atoms with E-state index in [9.17, 15) is 4.79 Å². The van der Waals surface area contributed by atoms with Crippen molar-refractivity contribution in [1.29, 1.82) is 0 Å². The predicted octanol–water partition coefficient (Wildman–Crippen LogP) is -0.281. The largest absolute Gasteiger partial charge is 0.346 e. The Kier molecular flexibility index (Phi) is 4.26. The minimum atomic E-state index is -0.333. The van der Waals surface area contributed by atoms with E-state index < -0.39 is 0 Å². The van der Waals surface area contributed by atoms with Gasteiger partial charge >= 0.3 is 0 Å². The van der Waals surface area contributed by atoms with Crippen LogP contribution in [0.4, 0.5) is 0 Å². The van der Waals surface area contributed by atoms with Gasteiger partial charge < -0.3 is 11.1 Å². The normalized spacial score (nSPS) is 10.0. The Morgan fingerprint density at radius 2 is 2.47 bits per heavy atom. The molecule has 1 amide bonds. The molecule has 0 atom stereocenters. The molecule has 0 saturated heterocycles. The third-order valence-corrected chi connectivity index (χ3v) is 1.70. The Balaban J connectivity index is 2.54. The Hall–Kier alpha value is -1.40. The minimum Gasteiger partial charge on any atom is -0.346 e. The molecule has 0 spiro atoms. The van der Waals surface area contributed by atoms with Gasteiger partial charge in [-0.1, -0.05) is 23.4 Å². The standard InChI is InChI=1S/C8H12ClN5O/c1-6(9)4-11-8(15)7-5-14(3-2-10)13-12-7/h5H,1-4,10H2,(H,11,15). The van der Waals surface area contributed by atoms with Gasteiger partial charge in [0, 0.05) is 11.6 Å². The molecule has 0 aliphatic carbocycles. The summed E-state index contributed by atoms with van der Waals surface area (Å²) in [6, 6.07) is 0. The molecule has 3 N–H and O–H groups in total. The SMILES string of the molecule is C=C(Cl)CNC(=O)c1cn(CCN)nn1. The van der Waals surface area contributed by atoms with E-state index in [-0.39, 0.29) is 18.1 Å². The van der Waals surface area contributed by atoms with Crippen molar-refractivity contribution in [3.8, 4) is 0 Å². The maximum atomic E-state index is 11.4. The molecule has 0 saturated carbocycles. The maximum absolute atomic E-state index is 11.4. The van der Waals surface area contributed by atoms with E-state index in [2.05, 4.69) is 22.2 Å². The summed E-state index contributed by atoms with van der Waals surface area (Å²) in [6.07, 6.45) is 1.53. The van der Waals surface area contributed by atoms with E-state index in [4.69, 9.17) is 17.3 Å². The maximum Gasteiger partial charge on any atom is 0.273 e. The lowest BCUT2D eigenvalue weighted by molar-refractivity contribution is 0.0952. The van der Waals surface area contributed by atoms with Crippen LogP contribution in [0.25, 0.3) is 0 Å². The highest BCUT2D eigenvalue weighted by molar-refractivity contribution is 6.29. The van der Waals surface area contributed by atoms with Crippen LogP contribution in [0.1, 0.15) is 10.5 Å². The summed E-state index contributed by atoms with van der Waals surface area (Å²) in [5, 5.41) is 10.3. The number of hydrogen-bond donors (Lipinski definition) is 2. The van der Waals surface area contributed by atoms with Crippen LogP contribution in [0.15, 0.2) is 17.8 Å². The van der Waals surface area contributed by atoms with E-state index in [1.165, 1.54) is 10.9 Å². The fraction of sp³-hybridized carbons (Fsp3) is 0.375. The lowest BCUT2D eigenvalue weighted by Crippen LogP contribution is -2.24. The van der Waals surface area contributed by atoms with Gasteiger partial charge in [0.15, 0.2) is 5.69 Å². The summed E-state index contributed by atoms with van der Waals surface area (Å²) in [5.74, 6) is -0.333. The van der Waals surface area contributed by atoms with E-state index in [1.807, 2.05) is 0 Å². The number of carbonyl (C=O) groups excluding carboxylic acids is 1. The van der Waals surface area contributed by atoms with E-state index in [0.717, 1.165) is 0 Å². The topological polar surface area (TPSA) is 85.8 Å². The van der Waals surface area contributed by atoms with Gasteiger partial charge in [-0.2, -0.15) is 0 Å². The second-order valence-corrected chi connectivity index (χ2v) is 3.39. The van der Waals surface area contributed by atoms with Crippen molar-refractivity contribution in [1.82, 2.24) is 20.3 Å². The number of aromatic nitrogens is 3. The summed E-state index contributed by atoms with van der Waals surface area (Å²) in [7, 11) is 0. The lowest BCUT2D eigenvalue weighted by Gasteiger charge is -1.99. The lowest BCUT2D eigenvalue weighted by atomic mass is 10.4. The van der Waals surface area contributed by atoms with Crippen molar-refractivity contribution >= 4 is 17.5 Å². The second-order valence-electron chi connectivity index (χ2n) is 2.86. The molecule has 0 aliphatic heterocycles. The molecule has 0 radical (unpaired) electrons. The third-order valence-electron chi connectivity index (χ3n) is 1.57. The predicted molar refractivity (Wildman–Crippen MR) is 56.4 cm³/mol. The highest BCUT2D eigenvalue weighted by Gasteiger charge is 2.09. The van der Waals surface area contributed by atoms with Gasteiger partial charge in [0.25, 0.3) is 5.91 Å². The van der Waals surface area contributed by atoms with E-state index in [0.29, 0.717) is 18.1 Å². The number of nitrogens with zero attached hydrogens (tertiary/aromatic N) is 3. The first-order chi connectivity index (χ1) is 7.13. The van der Waals surface area contributed by atoms with E-state index >= 15 is 0 Å². The van der Waals surface area contributed by atoms with Gasteiger partial charge in [-0.05, 0) is 0 Å². The highest BCUT2D eigenvalue weighted by atomic mass is 35.5. The zero-order chi connectivity index (χ0) is 11.3. The number of carbonyl (C=O) groups is 1. The first kappa shape index (κ1) is 11.7. The van der Waals surface area contributed by atoms with Crippen molar-refractivity contribution in [2.75, 3.05) is 13.1 Å². The molecule has 7 heteroatoms. The van der Waals surface area contributed by atoms with Gasteiger partial charge in [-0.3, -0.25) is 9.48 Å². The van der Waals surface area contributed by atoms with Crippen LogP contribution in [0, 0.1) is 0 Å². The van der Waals surface area contributed by atoms with Crippen molar-refractivity contribution in [3.05, 3.63) is 23.5 Å². The molecule has 6 nitrogen and oxygen atoms in total. The molecule has 0 aliphatic rings. The monoisotopic (exact) mass is 229 g/mol. The van der Waals surface area contributed by atoms with Crippen LogP contribution in [-0.2, 0) is 6.54 Å². The first-order valence-corrected chi connectivity index (χ1v) is 4.73. The van der Waals surface area contributed by atoms with Gasteiger partial charge in [-0.15, -0.1) is 5.10 Å². The molecular formula is C8H12ClN5O. The summed E-state index contributed by atoms with van der Waals surface area (Å²) in [6.45, 7) is 4.64. The van der Waals surface area contributed by atoms with Crippen LogP contribution in [-0.4, -0.2) is 34.0 Å². The summed E-state index contributed by atoms with van der Waals surface area (Å²) < 4.78 is 1.50.